The van der Waals surface area contributed by atoms with Crippen molar-refractivity contribution in [1.29, 1.82) is 0 Å². The lowest BCUT2D eigenvalue weighted by Gasteiger charge is -2.25. The summed E-state index contributed by atoms with van der Waals surface area (Å²) in [4.78, 5) is 2.44. The molecular weight excluding hydrogens is 212 g/mol. The molecule has 1 aromatic heterocycles. The summed E-state index contributed by atoms with van der Waals surface area (Å²) in [6.07, 6.45) is 2.23. The van der Waals surface area contributed by atoms with E-state index >= 15 is 0 Å². The van der Waals surface area contributed by atoms with E-state index < -0.39 is 0 Å². The van der Waals surface area contributed by atoms with Gasteiger partial charge in [-0.25, -0.2) is 0 Å². The van der Waals surface area contributed by atoms with Gasteiger partial charge in [-0.05, 0) is 49.3 Å². The van der Waals surface area contributed by atoms with E-state index in [9.17, 15) is 5.11 Å². The number of hydrogen-bond acceptors (Lipinski definition) is 3. The molecule has 1 aliphatic heterocycles. The molecule has 1 nitrogen and oxygen atoms in total. The average molecular weight is 228 g/mol. The summed E-state index contributed by atoms with van der Waals surface area (Å²) < 4.78 is 0. The van der Waals surface area contributed by atoms with Gasteiger partial charge in [-0.2, -0.15) is 11.8 Å². The van der Waals surface area contributed by atoms with Crippen LogP contribution in [0.25, 0.3) is 0 Å². The first-order valence-corrected chi connectivity index (χ1v) is 7.06. The Kier molecular flexibility index (Phi) is 3.52. The summed E-state index contributed by atoms with van der Waals surface area (Å²) in [5.41, 5.74) is 0. The normalized spacial score (nSPS) is 24.9. The van der Waals surface area contributed by atoms with Crippen LogP contribution in [0.5, 0.6) is 0 Å². The molecule has 3 heteroatoms. The minimum atomic E-state index is -0.221. The van der Waals surface area contributed by atoms with Gasteiger partial charge in [0.1, 0.15) is 0 Å². The van der Waals surface area contributed by atoms with Gasteiger partial charge in [-0.3, -0.25) is 0 Å². The summed E-state index contributed by atoms with van der Waals surface area (Å²) in [6, 6.07) is 4.17. The molecule has 0 radical (unpaired) electrons. The fraction of sp³-hybridized carbons (Fsp3) is 0.636. The maximum atomic E-state index is 10.2. The molecule has 0 spiro atoms. The van der Waals surface area contributed by atoms with Gasteiger partial charge in [0.05, 0.1) is 6.10 Å². The van der Waals surface area contributed by atoms with Crippen LogP contribution < -0.4 is 0 Å². The highest BCUT2D eigenvalue weighted by molar-refractivity contribution is 7.99. The molecule has 1 N–H and O–H groups in total. The zero-order valence-corrected chi connectivity index (χ0v) is 10.0. The van der Waals surface area contributed by atoms with E-state index in [1.165, 1.54) is 23.5 Å². The van der Waals surface area contributed by atoms with Gasteiger partial charge < -0.3 is 5.11 Å². The molecule has 2 atom stereocenters. The van der Waals surface area contributed by atoms with Crippen molar-refractivity contribution in [2.75, 3.05) is 11.5 Å². The van der Waals surface area contributed by atoms with Crippen LogP contribution in [0, 0.1) is 12.8 Å². The van der Waals surface area contributed by atoms with Crippen molar-refractivity contribution < 1.29 is 5.11 Å². The van der Waals surface area contributed by atoms with Gasteiger partial charge >= 0.3 is 0 Å². The Hall–Kier alpha value is 0.01000. The Balaban J connectivity index is 2.03. The molecular formula is C11H16OS2. The summed E-state index contributed by atoms with van der Waals surface area (Å²) in [5, 5.41) is 10.2. The maximum Gasteiger partial charge on any atom is 0.0917 e. The maximum absolute atomic E-state index is 10.2. The van der Waals surface area contributed by atoms with Crippen LogP contribution >= 0.6 is 23.1 Å². The Bertz CT molecular complexity index is 289. The van der Waals surface area contributed by atoms with E-state index in [1.54, 1.807) is 11.3 Å². The van der Waals surface area contributed by atoms with Crippen molar-refractivity contribution in [1.82, 2.24) is 0 Å². The molecule has 1 aliphatic rings. The van der Waals surface area contributed by atoms with E-state index in [0.29, 0.717) is 5.92 Å². The number of aryl methyl sites for hydroxylation is 1. The number of aliphatic hydroxyl groups excluding tert-OH is 1. The van der Waals surface area contributed by atoms with E-state index in [0.717, 1.165) is 10.6 Å². The monoisotopic (exact) mass is 228 g/mol. The fourth-order valence-electron chi connectivity index (χ4n) is 1.86. The highest BCUT2D eigenvalue weighted by atomic mass is 32.2. The SMILES string of the molecule is Cc1ccc(C(O)C2CCCSC2)s1. The van der Waals surface area contributed by atoms with Gasteiger partial charge in [-0.1, -0.05) is 0 Å². The van der Waals surface area contributed by atoms with Crippen LogP contribution in [0.4, 0.5) is 0 Å². The highest BCUT2D eigenvalue weighted by Crippen LogP contribution is 2.35. The van der Waals surface area contributed by atoms with Crippen molar-refractivity contribution in [2.24, 2.45) is 5.92 Å². The predicted octanol–water partition coefficient (Wildman–Crippen LogP) is 3.23. The largest absolute Gasteiger partial charge is 0.387 e. The lowest BCUT2D eigenvalue weighted by Crippen LogP contribution is -2.18. The molecule has 0 bridgehead atoms. The Morgan fingerprint density at radius 2 is 2.36 bits per heavy atom. The van der Waals surface area contributed by atoms with E-state index in [4.69, 9.17) is 0 Å². The van der Waals surface area contributed by atoms with Gasteiger partial charge in [-0.15, -0.1) is 11.3 Å². The van der Waals surface area contributed by atoms with Crippen LogP contribution in [0.15, 0.2) is 12.1 Å². The molecule has 0 amide bonds. The third-order valence-electron chi connectivity index (χ3n) is 2.69. The Morgan fingerprint density at radius 3 is 2.93 bits per heavy atom. The second-order valence-corrected chi connectivity index (χ2v) is 6.34. The smallest absolute Gasteiger partial charge is 0.0917 e. The standard InChI is InChI=1S/C11H16OS2/c1-8-4-5-10(14-8)11(12)9-3-2-6-13-7-9/h4-5,9,11-12H,2-3,6-7H2,1H3. The second kappa shape index (κ2) is 4.69. The summed E-state index contributed by atoms with van der Waals surface area (Å²) in [6.45, 7) is 2.09. The summed E-state index contributed by atoms with van der Waals surface area (Å²) in [7, 11) is 0. The zero-order chi connectivity index (χ0) is 9.97. The lowest BCUT2D eigenvalue weighted by molar-refractivity contribution is 0.117. The topological polar surface area (TPSA) is 20.2 Å². The number of rotatable bonds is 2. The highest BCUT2D eigenvalue weighted by Gasteiger charge is 2.24. The summed E-state index contributed by atoms with van der Waals surface area (Å²) in [5.74, 6) is 2.87. The molecule has 78 valence electrons. The van der Waals surface area contributed by atoms with E-state index in [1.807, 2.05) is 11.8 Å². The van der Waals surface area contributed by atoms with Gasteiger partial charge in [0.2, 0.25) is 0 Å². The van der Waals surface area contributed by atoms with Crippen LogP contribution in [0.1, 0.15) is 28.7 Å². The average Bonchev–Trinajstić information content (AvgIpc) is 2.65. The molecule has 1 aromatic rings. The van der Waals surface area contributed by atoms with Crippen LogP contribution in [-0.2, 0) is 0 Å². The molecule has 2 heterocycles. The fourth-order valence-corrected chi connectivity index (χ4v) is 4.01. The molecule has 0 saturated carbocycles. The van der Waals surface area contributed by atoms with Crippen molar-refractivity contribution in [3.05, 3.63) is 21.9 Å². The molecule has 0 aromatic carbocycles. The van der Waals surface area contributed by atoms with Gasteiger partial charge in [0.25, 0.3) is 0 Å². The first kappa shape index (κ1) is 10.5. The van der Waals surface area contributed by atoms with Crippen LogP contribution in [-0.4, -0.2) is 16.6 Å². The van der Waals surface area contributed by atoms with E-state index in [-0.39, 0.29) is 6.10 Å². The molecule has 1 fully saturated rings. The van der Waals surface area contributed by atoms with Crippen molar-refractivity contribution in [3.63, 3.8) is 0 Å². The second-order valence-electron chi connectivity index (χ2n) is 3.87. The van der Waals surface area contributed by atoms with Gasteiger partial charge in [0.15, 0.2) is 0 Å². The Morgan fingerprint density at radius 1 is 1.50 bits per heavy atom. The van der Waals surface area contributed by atoms with Crippen molar-refractivity contribution >= 4 is 23.1 Å². The zero-order valence-electron chi connectivity index (χ0n) is 8.40. The summed E-state index contributed by atoms with van der Waals surface area (Å²) >= 11 is 3.71. The first-order valence-electron chi connectivity index (χ1n) is 5.09. The minimum absolute atomic E-state index is 0.221. The number of hydrogen-bond donors (Lipinski definition) is 1. The quantitative estimate of drug-likeness (QED) is 0.838. The molecule has 0 aliphatic carbocycles. The van der Waals surface area contributed by atoms with Gasteiger partial charge in [0, 0.05) is 9.75 Å². The molecule has 14 heavy (non-hydrogen) atoms. The Labute approximate surface area is 93.5 Å². The van der Waals surface area contributed by atoms with Crippen LogP contribution in [0.3, 0.4) is 0 Å². The third-order valence-corrected chi connectivity index (χ3v) is 5.01. The molecule has 1 saturated heterocycles. The number of thiophene rings is 1. The third kappa shape index (κ3) is 2.33. The van der Waals surface area contributed by atoms with Crippen molar-refractivity contribution in [2.45, 2.75) is 25.9 Å². The number of thioether (sulfide) groups is 1. The van der Waals surface area contributed by atoms with Crippen LogP contribution in [0.2, 0.25) is 0 Å². The van der Waals surface area contributed by atoms with E-state index in [2.05, 4.69) is 19.1 Å². The molecule has 2 unspecified atom stereocenters. The lowest BCUT2D eigenvalue weighted by atomic mass is 9.98. The number of aliphatic hydroxyl groups is 1. The predicted molar refractivity (Wildman–Crippen MR) is 64.1 cm³/mol. The first-order chi connectivity index (χ1) is 6.77. The van der Waals surface area contributed by atoms with Crippen molar-refractivity contribution in [3.8, 4) is 0 Å². The molecule has 2 rings (SSSR count). The minimum Gasteiger partial charge on any atom is -0.387 e.